The Morgan fingerprint density at radius 2 is 1.95 bits per heavy atom. The third-order valence-electron chi connectivity index (χ3n) is 3.93. The number of rotatable bonds is 8. The smallest absolute Gasteiger partial charge is 0.414 e. The van der Waals surface area contributed by atoms with Gasteiger partial charge in [-0.05, 0) is 25.0 Å². The summed E-state index contributed by atoms with van der Waals surface area (Å²) in [4.78, 5) is 13.7. The summed E-state index contributed by atoms with van der Waals surface area (Å²) in [5, 5.41) is 0. The maximum Gasteiger partial charge on any atom is 0.414 e. The van der Waals surface area contributed by atoms with Gasteiger partial charge in [0.1, 0.15) is 6.10 Å². The quantitative estimate of drug-likeness (QED) is 0.681. The molecule has 0 spiro atoms. The van der Waals surface area contributed by atoms with Crippen molar-refractivity contribution in [2.45, 2.75) is 45.1 Å². The van der Waals surface area contributed by atoms with E-state index in [0.717, 1.165) is 18.5 Å². The Hall–Kier alpha value is -1.91. The average Bonchev–Trinajstić information content (AvgIpc) is 2.91. The van der Waals surface area contributed by atoms with E-state index in [9.17, 15) is 4.79 Å². The third kappa shape index (κ3) is 3.84. The van der Waals surface area contributed by atoms with Crippen molar-refractivity contribution < 1.29 is 19.0 Å². The van der Waals surface area contributed by atoms with Crippen LogP contribution in [0.25, 0.3) is 0 Å². The molecule has 1 heterocycles. The topological polar surface area (TPSA) is 48.0 Å². The number of unbranched alkanes of at least 4 members (excludes halogenated alkanes) is 3. The van der Waals surface area contributed by atoms with Gasteiger partial charge in [-0.2, -0.15) is 0 Å². The van der Waals surface area contributed by atoms with E-state index in [1.165, 1.54) is 19.3 Å². The van der Waals surface area contributed by atoms with Crippen molar-refractivity contribution in [2.75, 3.05) is 25.7 Å². The lowest BCUT2D eigenvalue weighted by atomic mass is 10.1. The molecule has 1 aliphatic rings. The molecule has 1 aromatic carbocycles. The van der Waals surface area contributed by atoms with Crippen molar-refractivity contribution in [1.29, 1.82) is 0 Å². The maximum atomic E-state index is 12.1. The van der Waals surface area contributed by atoms with Crippen LogP contribution in [0, 0.1) is 0 Å². The molecule has 1 fully saturated rings. The molecule has 122 valence electrons. The molecule has 0 aromatic heterocycles. The SMILES string of the molecule is CCCCCCC1CN(c2ccc(OC)c(OC)c2)C(=O)O1. The first kappa shape index (κ1) is 16.5. The second-order valence-electron chi connectivity index (χ2n) is 5.50. The predicted octanol–water partition coefficient (Wildman–Crippen LogP) is 4.00. The van der Waals surface area contributed by atoms with Crippen LogP contribution >= 0.6 is 0 Å². The summed E-state index contributed by atoms with van der Waals surface area (Å²) in [5.41, 5.74) is 0.777. The van der Waals surface area contributed by atoms with E-state index in [-0.39, 0.29) is 12.2 Å². The highest BCUT2D eigenvalue weighted by Gasteiger charge is 2.32. The highest BCUT2D eigenvalue weighted by molar-refractivity contribution is 5.90. The van der Waals surface area contributed by atoms with E-state index >= 15 is 0 Å². The van der Waals surface area contributed by atoms with E-state index in [4.69, 9.17) is 14.2 Å². The number of carbonyl (C=O) groups excluding carboxylic acids is 1. The number of nitrogens with zero attached hydrogens (tertiary/aromatic N) is 1. The number of benzene rings is 1. The number of ether oxygens (including phenoxy) is 3. The molecule has 1 atom stereocenters. The molecule has 0 radical (unpaired) electrons. The Labute approximate surface area is 132 Å². The van der Waals surface area contributed by atoms with E-state index in [2.05, 4.69) is 6.92 Å². The van der Waals surface area contributed by atoms with Crippen LogP contribution in [0.5, 0.6) is 11.5 Å². The zero-order valence-electron chi connectivity index (χ0n) is 13.6. The van der Waals surface area contributed by atoms with Crippen LogP contribution in [-0.2, 0) is 4.74 Å². The maximum absolute atomic E-state index is 12.1. The number of carbonyl (C=O) groups is 1. The molecule has 0 aliphatic carbocycles. The molecule has 0 saturated carbocycles. The van der Waals surface area contributed by atoms with Crippen molar-refractivity contribution in [2.24, 2.45) is 0 Å². The molecule has 0 N–H and O–H groups in total. The predicted molar refractivity (Wildman–Crippen MR) is 85.9 cm³/mol. The minimum Gasteiger partial charge on any atom is -0.493 e. The number of hydrogen-bond donors (Lipinski definition) is 0. The summed E-state index contributed by atoms with van der Waals surface area (Å²) in [6.07, 6.45) is 5.37. The van der Waals surface area contributed by atoms with Crippen molar-refractivity contribution in [3.05, 3.63) is 18.2 Å². The van der Waals surface area contributed by atoms with Gasteiger partial charge in [0, 0.05) is 6.07 Å². The van der Waals surface area contributed by atoms with Crippen LogP contribution < -0.4 is 14.4 Å². The average molecular weight is 307 g/mol. The number of anilines is 1. The first-order valence-electron chi connectivity index (χ1n) is 7.89. The van der Waals surface area contributed by atoms with Crippen LogP contribution in [0.1, 0.15) is 39.0 Å². The summed E-state index contributed by atoms with van der Waals surface area (Å²) in [7, 11) is 3.18. The zero-order chi connectivity index (χ0) is 15.9. The Kier molecular flexibility index (Phi) is 5.92. The summed E-state index contributed by atoms with van der Waals surface area (Å²) in [6.45, 7) is 2.79. The normalized spacial score (nSPS) is 17.5. The van der Waals surface area contributed by atoms with Crippen LogP contribution in [0.15, 0.2) is 18.2 Å². The Morgan fingerprint density at radius 3 is 2.64 bits per heavy atom. The summed E-state index contributed by atoms with van der Waals surface area (Å²) < 4.78 is 16.0. The molecule has 22 heavy (non-hydrogen) atoms. The number of amides is 1. The van der Waals surface area contributed by atoms with Crippen LogP contribution in [0.4, 0.5) is 10.5 Å². The molecule has 1 aliphatic heterocycles. The minimum atomic E-state index is -0.285. The van der Waals surface area contributed by atoms with E-state index in [0.29, 0.717) is 18.0 Å². The molecule has 1 saturated heterocycles. The second-order valence-corrected chi connectivity index (χ2v) is 5.50. The van der Waals surface area contributed by atoms with Gasteiger partial charge >= 0.3 is 6.09 Å². The molecule has 1 amide bonds. The van der Waals surface area contributed by atoms with Gasteiger partial charge in [-0.1, -0.05) is 26.2 Å². The van der Waals surface area contributed by atoms with Crippen molar-refractivity contribution in [3.8, 4) is 11.5 Å². The standard InChI is InChI=1S/C17H25NO4/c1-4-5-6-7-8-14-12-18(17(19)22-14)13-9-10-15(20-2)16(11-13)21-3/h9-11,14H,4-8,12H2,1-3H3. The highest BCUT2D eigenvalue weighted by Crippen LogP contribution is 2.33. The number of cyclic esters (lactones) is 1. The van der Waals surface area contributed by atoms with E-state index < -0.39 is 0 Å². The fourth-order valence-corrected chi connectivity index (χ4v) is 2.67. The van der Waals surface area contributed by atoms with Gasteiger partial charge < -0.3 is 14.2 Å². The molecule has 1 unspecified atom stereocenters. The highest BCUT2D eigenvalue weighted by atomic mass is 16.6. The summed E-state index contributed by atoms with van der Waals surface area (Å²) in [5.74, 6) is 1.26. The van der Waals surface area contributed by atoms with Crippen LogP contribution in [0.3, 0.4) is 0 Å². The van der Waals surface area contributed by atoms with Gasteiger partial charge in [-0.25, -0.2) is 4.79 Å². The first-order valence-corrected chi connectivity index (χ1v) is 7.89. The van der Waals surface area contributed by atoms with Gasteiger partial charge in [0.15, 0.2) is 11.5 Å². The minimum absolute atomic E-state index is 0.0162. The van der Waals surface area contributed by atoms with Crippen LogP contribution in [0.2, 0.25) is 0 Å². The number of methoxy groups -OCH3 is 2. The Morgan fingerprint density at radius 1 is 1.18 bits per heavy atom. The molecule has 2 rings (SSSR count). The molecule has 1 aromatic rings. The lowest BCUT2D eigenvalue weighted by Crippen LogP contribution is -2.24. The molecular weight excluding hydrogens is 282 g/mol. The lowest BCUT2D eigenvalue weighted by Gasteiger charge is -2.15. The second kappa shape index (κ2) is 7.92. The summed E-state index contributed by atoms with van der Waals surface area (Å²) >= 11 is 0. The molecule has 5 heteroatoms. The monoisotopic (exact) mass is 307 g/mol. The largest absolute Gasteiger partial charge is 0.493 e. The molecular formula is C17H25NO4. The fourth-order valence-electron chi connectivity index (χ4n) is 2.67. The van der Waals surface area contributed by atoms with Gasteiger partial charge in [0.2, 0.25) is 0 Å². The van der Waals surface area contributed by atoms with E-state index in [1.807, 2.05) is 6.07 Å². The van der Waals surface area contributed by atoms with Crippen molar-refractivity contribution in [1.82, 2.24) is 0 Å². The lowest BCUT2D eigenvalue weighted by molar-refractivity contribution is 0.135. The number of hydrogen-bond acceptors (Lipinski definition) is 4. The van der Waals surface area contributed by atoms with E-state index in [1.54, 1.807) is 31.3 Å². The molecule has 0 bridgehead atoms. The Balaban J connectivity index is 1.99. The van der Waals surface area contributed by atoms with Crippen molar-refractivity contribution >= 4 is 11.8 Å². The van der Waals surface area contributed by atoms with Gasteiger partial charge in [-0.15, -0.1) is 0 Å². The fraction of sp³-hybridized carbons (Fsp3) is 0.588. The van der Waals surface area contributed by atoms with Crippen molar-refractivity contribution in [3.63, 3.8) is 0 Å². The van der Waals surface area contributed by atoms with Gasteiger partial charge in [-0.3, -0.25) is 4.90 Å². The first-order chi connectivity index (χ1) is 10.7. The van der Waals surface area contributed by atoms with Gasteiger partial charge in [0.05, 0.1) is 26.5 Å². The molecule has 5 nitrogen and oxygen atoms in total. The third-order valence-corrected chi connectivity index (χ3v) is 3.93. The summed E-state index contributed by atoms with van der Waals surface area (Å²) in [6, 6.07) is 5.46. The van der Waals surface area contributed by atoms with Crippen LogP contribution in [-0.4, -0.2) is 33.0 Å². The Bertz CT molecular complexity index is 503. The zero-order valence-corrected chi connectivity index (χ0v) is 13.6. The van der Waals surface area contributed by atoms with Gasteiger partial charge in [0.25, 0.3) is 0 Å².